The molecule has 7 nitrogen and oxygen atoms in total. The number of anilines is 1. The first kappa shape index (κ1) is 19.7. The number of carbonyl (C=O) groups excluding carboxylic acids is 1. The Morgan fingerprint density at radius 3 is 2.42 bits per heavy atom. The van der Waals surface area contributed by atoms with E-state index in [0.29, 0.717) is 24.8 Å². The summed E-state index contributed by atoms with van der Waals surface area (Å²) in [4.78, 5) is 26.1. The molecule has 31 heavy (non-hydrogen) atoms. The summed E-state index contributed by atoms with van der Waals surface area (Å²) < 4.78 is 5.49. The Kier molecular flexibility index (Phi) is 5.40. The summed E-state index contributed by atoms with van der Waals surface area (Å²) >= 11 is 0. The third-order valence-corrected chi connectivity index (χ3v) is 6.34. The average Bonchev–Trinajstić information content (AvgIpc) is 3.52. The molecule has 2 fully saturated rings. The lowest BCUT2D eigenvalue weighted by Gasteiger charge is -2.35. The van der Waals surface area contributed by atoms with Crippen LogP contribution in [0.2, 0.25) is 0 Å². The fraction of sp³-hybridized carbons (Fsp3) is 0.417. The Hall–Kier alpha value is -3.22. The van der Waals surface area contributed by atoms with Crippen molar-refractivity contribution < 1.29 is 9.32 Å². The molecule has 2 aromatic heterocycles. The van der Waals surface area contributed by atoms with E-state index in [9.17, 15) is 4.79 Å². The molecular formula is C24H27N5O2. The molecule has 160 valence electrons. The van der Waals surface area contributed by atoms with Gasteiger partial charge in [-0.3, -0.25) is 4.79 Å². The molecule has 1 aliphatic carbocycles. The first-order valence-corrected chi connectivity index (χ1v) is 11.1. The van der Waals surface area contributed by atoms with Crippen molar-refractivity contribution in [1.29, 1.82) is 0 Å². The fourth-order valence-corrected chi connectivity index (χ4v) is 4.41. The van der Waals surface area contributed by atoms with Gasteiger partial charge in [0.25, 0.3) is 5.91 Å². The topological polar surface area (TPSA) is 75.4 Å². The van der Waals surface area contributed by atoms with Gasteiger partial charge in [-0.05, 0) is 44.0 Å². The van der Waals surface area contributed by atoms with Gasteiger partial charge in [0.15, 0.2) is 0 Å². The molecule has 1 aliphatic heterocycles. The minimum Gasteiger partial charge on any atom is -0.353 e. The van der Waals surface area contributed by atoms with Crippen molar-refractivity contribution in [3.63, 3.8) is 0 Å². The maximum atomic E-state index is 12.7. The summed E-state index contributed by atoms with van der Waals surface area (Å²) in [5, 5.41) is 4.15. The largest absolute Gasteiger partial charge is 0.353 e. The van der Waals surface area contributed by atoms with Crippen LogP contribution >= 0.6 is 0 Å². The van der Waals surface area contributed by atoms with E-state index in [1.54, 1.807) is 0 Å². The van der Waals surface area contributed by atoms with Gasteiger partial charge < -0.3 is 14.3 Å². The number of piperazine rings is 1. The van der Waals surface area contributed by atoms with Gasteiger partial charge in [-0.15, -0.1) is 0 Å². The normalized spacial score (nSPS) is 17.3. The van der Waals surface area contributed by atoms with E-state index in [-0.39, 0.29) is 5.91 Å². The molecule has 7 heteroatoms. The monoisotopic (exact) mass is 417 g/mol. The summed E-state index contributed by atoms with van der Waals surface area (Å²) in [5.74, 6) is 2.77. The van der Waals surface area contributed by atoms with Crippen LogP contribution in [0.5, 0.6) is 0 Å². The van der Waals surface area contributed by atoms with Gasteiger partial charge >= 0.3 is 0 Å². The van der Waals surface area contributed by atoms with Gasteiger partial charge in [-0.25, -0.2) is 4.98 Å². The van der Waals surface area contributed by atoms with E-state index in [0.717, 1.165) is 54.3 Å². The Bertz CT molecular complexity index is 1030. The Balaban J connectivity index is 1.20. The highest BCUT2D eigenvalue weighted by Crippen LogP contribution is 2.33. The number of aryl methyl sites for hydroxylation is 1. The highest BCUT2D eigenvalue weighted by atomic mass is 16.5. The lowest BCUT2D eigenvalue weighted by Crippen LogP contribution is -2.49. The Morgan fingerprint density at radius 1 is 1.00 bits per heavy atom. The van der Waals surface area contributed by atoms with E-state index in [4.69, 9.17) is 4.52 Å². The van der Waals surface area contributed by atoms with Crippen LogP contribution in [0.15, 0.2) is 47.1 Å². The second-order valence-electron chi connectivity index (χ2n) is 8.49. The van der Waals surface area contributed by atoms with Crippen LogP contribution < -0.4 is 4.90 Å². The van der Waals surface area contributed by atoms with Gasteiger partial charge in [0, 0.05) is 49.4 Å². The number of nitrogens with zero attached hydrogens (tertiary/aromatic N) is 5. The van der Waals surface area contributed by atoms with Gasteiger partial charge in [-0.2, -0.15) is 4.98 Å². The molecule has 0 unspecified atom stereocenters. The number of hydrogen-bond donors (Lipinski definition) is 0. The average molecular weight is 418 g/mol. The van der Waals surface area contributed by atoms with Crippen molar-refractivity contribution in [3.05, 3.63) is 59.6 Å². The summed E-state index contributed by atoms with van der Waals surface area (Å²) in [5.41, 5.74) is 2.77. The number of amides is 1. The lowest BCUT2D eigenvalue weighted by molar-refractivity contribution is 0.0746. The summed E-state index contributed by atoms with van der Waals surface area (Å²) in [7, 11) is 0. The molecule has 0 N–H and O–H groups in total. The van der Waals surface area contributed by atoms with E-state index in [2.05, 4.69) is 20.0 Å². The standard InChI is InChI=1S/C24H27N5O2/c1-17-6-8-19(9-7-17)24(30)29-14-12-28(13-15-29)21-11-10-20(16-25-21)22-26-23(31-27-22)18-4-2-3-5-18/h6-11,16,18H,2-5,12-15H2,1H3. The highest BCUT2D eigenvalue weighted by Gasteiger charge is 2.24. The quantitative estimate of drug-likeness (QED) is 0.637. The van der Waals surface area contributed by atoms with Crippen LogP contribution in [0.3, 0.4) is 0 Å². The maximum Gasteiger partial charge on any atom is 0.253 e. The molecule has 0 atom stereocenters. The van der Waals surface area contributed by atoms with Crippen LogP contribution in [0.25, 0.3) is 11.4 Å². The summed E-state index contributed by atoms with van der Waals surface area (Å²) in [6.07, 6.45) is 6.56. The van der Waals surface area contributed by atoms with Crippen molar-refractivity contribution in [2.75, 3.05) is 31.1 Å². The molecule has 1 aromatic carbocycles. The minimum absolute atomic E-state index is 0.0955. The van der Waals surface area contributed by atoms with Gasteiger partial charge in [-0.1, -0.05) is 35.7 Å². The van der Waals surface area contributed by atoms with Crippen LogP contribution in [0.4, 0.5) is 5.82 Å². The predicted octanol–water partition coefficient (Wildman–Crippen LogP) is 4.06. The van der Waals surface area contributed by atoms with Crippen LogP contribution in [0, 0.1) is 6.92 Å². The zero-order chi connectivity index (χ0) is 21.2. The first-order valence-electron chi connectivity index (χ1n) is 11.1. The number of rotatable bonds is 4. The molecule has 0 radical (unpaired) electrons. The van der Waals surface area contributed by atoms with Gasteiger partial charge in [0.1, 0.15) is 5.82 Å². The zero-order valence-corrected chi connectivity index (χ0v) is 17.8. The summed E-state index contributed by atoms with van der Waals surface area (Å²) in [6, 6.07) is 11.8. The minimum atomic E-state index is 0.0955. The molecule has 1 saturated carbocycles. The molecule has 1 amide bonds. The molecule has 1 saturated heterocycles. The van der Waals surface area contributed by atoms with Crippen molar-refractivity contribution in [2.45, 2.75) is 38.5 Å². The second-order valence-corrected chi connectivity index (χ2v) is 8.49. The van der Waals surface area contributed by atoms with Crippen LogP contribution in [-0.2, 0) is 0 Å². The van der Waals surface area contributed by atoms with Gasteiger partial charge in [0.05, 0.1) is 0 Å². The number of benzene rings is 1. The fourth-order valence-electron chi connectivity index (χ4n) is 4.41. The Morgan fingerprint density at radius 2 is 1.74 bits per heavy atom. The number of carbonyl (C=O) groups is 1. The smallest absolute Gasteiger partial charge is 0.253 e. The Labute approximate surface area is 182 Å². The molecule has 3 heterocycles. The molecular weight excluding hydrogens is 390 g/mol. The molecule has 5 rings (SSSR count). The number of pyridine rings is 1. The number of hydrogen-bond acceptors (Lipinski definition) is 6. The van der Waals surface area contributed by atoms with Crippen molar-refractivity contribution in [3.8, 4) is 11.4 Å². The molecule has 0 bridgehead atoms. The number of aromatic nitrogens is 3. The van der Waals surface area contributed by atoms with E-state index in [1.807, 2.05) is 54.4 Å². The predicted molar refractivity (Wildman–Crippen MR) is 118 cm³/mol. The SMILES string of the molecule is Cc1ccc(C(=O)N2CCN(c3ccc(-c4noc(C5CCCC5)n4)cn3)CC2)cc1. The first-order chi connectivity index (χ1) is 15.2. The lowest BCUT2D eigenvalue weighted by atomic mass is 10.1. The molecule has 0 spiro atoms. The van der Waals surface area contributed by atoms with E-state index < -0.39 is 0 Å². The van der Waals surface area contributed by atoms with E-state index >= 15 is 0 Å². The van der Waals surface area contributed by atoms with Crippen molar-refractivity contribution in [2.24, 2.45) is 0 Å². The zero-order valence-electron chi connectivity index (χ0n) is 17.8. The third kappa shape index (κ3) is 4.17. The molecule has 3 aromatic rings. The van der Waals surface area contributed by atoms with Crippen LogP contribution in [0.1, 0.15) is 53.4 Å². The summed E-state index contributed by atoms with van der Waals surface area (Å²) in [6.45, 7) is 4.92. The third-order valence-electron chi connectivity index (χ3n) is 6.34. The van der Waals surface area contributed by atoms with Gasteiger partial charge in [0.2, 0.25) is 11.7 Å². The maximum absolute atomic E-state index is 12.7. The molecule has 2 aliphatic rings. The van der Waals surface area contributed by atoms with E-state index in [1.165, 1.54) is 12.8 Å². The second kappa shape index (κ2) is 8.49. The van der Waals surface area contributed by atoms with Crippen LogP contribution in [-0.4, -0.2) is 52.1 Å². The van der Waals surface area contributed by atoms with Crippen molar-refractivity contribution in [1.82, 2.24) is 20.0 Å². The highest BCUT2D eigenvalue weighted by molar-refractivity contribution is 5.94. The van der Waals surface area contributed by atoms with Crippen molar-refractivity contribution >= 4 is 11.7 Å².